The van der Waals surface area contributed by atoms with Crippen LogP contribution in [-0.2, 0) is 11.3 Å². The number of aromatic nitrogens is 1. The number of rotatable bonds is 4. The third kappa shape index (κ3) is 4.13. The maximum absolute atomic E-state index is 12.7. The van der Waals surface area contributed by atoms with E-state index in [0.29, 0.717) is 6.61 Å². The Morgan fingerprint density at radius 2 is 1.89 bits per heavy atom. The molecule has 1 aromatic carbocycles. The number of carbonyl (C=O) groups is 1. The van der Waals surface area contributed by atoms with E-state index in [2.05, 4.69) is 17.9 Å². The zero-order chi connectivity index (χ0) is 19.3. The summed E-state index contributed by atoms with van der Waals surface area (Å²) in [6.07, 6.45) is 7.49. The minimum absolute atomic E-state index is 0.0601. The third-order valence-corrected chi connectivity index (χ3v) is 5.80. The molecule has 4 rings (SSSR count). The van der Waals surface area contributed by atoms with Gasteiger partial charge in [-0.15, -0.1) is 0 Å². The highest BCUT2D eigenvalue weighted by molar-refractivity contribution is 5.69. The predicted molar refractivity (Wildman–Crippen MR) is 110 cm³/mol. The quantitative estimate of drug-likeness (QED) is 0.761. The largest absolute Gasteiger partial charge is 0.445 e. The number of benzene rings is 1. The van der Waals surface area contributed by atoms with Crippen molar-refractivity contribution in [1.29, 1.82) is 0 Å². The number of ether oxygens (including phenoxy) is 1. The van der Waals surface area contributed by atoms with Gasteiger partial charge in [-0.3, -0.25) is 0 Å². The van der Waals surface area contributed by atoms with Crippen LogP contribution in [0.3, 0.4) is 0 Å². The van der Waals surface area contributed by atoms with E-state index in [0.717, 1.165) is 49.4 Å². The van der Waals surface area contributed by atoms with E-state index in [1.807, 2.05) is 41.4 Å². The van der Waals surface area contributed by atoms with Crippen molar-refractivity contribution in [3.8, 4) is 0 Å². The number of anilines is 1. The Morgan fingerprint density at radius 1 is 1.11 bits per heavy atom. The van der Waals surface area contributed by atoms with Gasteiger partial charge in [0.1, 0.15) is 12.4 Å². The first-order chi connectivity index (χ1) is 13.7. The number of nitrogens with zero attached hydrogens (tertiary/aromatic N) is 3. The smallest absolute Gasteiger partial charge is 0.410 e. The molecule has 2 fully saturated rings. The summed E-state index contributed by atoms with van der Waals surface area (Å²) >= 11 is 0. The Kier molecular flexibility index (Phi) is 5.79. The molecule has 1 aromatic heterocycles. The van der Waals surface area contributed by atoms with Gasteiger partial charge < -0.3 is 14.5 Å². The van der Waals surface area contributed by atoms with Gasteiger partial charge in [0, 0.05) is 25.8 Å². The molecule has 5 heteroatoms. The molecule has 2 aromatic rings. The summed E-state index contributed by atoms with van der Waals surface area (Å²) < 4.78 is 5.57. The average Bonchev–Trinajstić information content (AvgIpc) is 3.23. The van der Waals surface area contributed by atoms with Crippen LogP contribution in [0.2, 0.25) is 0 Å². The van der Waals surface area contributed by atoms with E-state index in [4.69, 9.17) is 9.72 Å². The van der Waals surface area contributed by atoms with Crippen LogP contribution in [0.1, 0.15) is 54.8 Å². The SMILES string of the molecule is Cc1cc(C2CCCN2C(=O)OCc2ccccc2)cnc1N1CCCCC1. The van der Waals surface area contributed by atoms with Crippen LogP contribution >= 0.6 is 0 Å². The Bertz CT molecular complexity index is 803. The molecule has 2 saturated heterocycles. The number of hydrogen-bond donors (Lipinski definition) is 0. The number of likely N-dealkylation sites (tertiary alicyclic amines) is 1. The first-order valence-corrected chi connectivity index (χ1v) is 10.4. The second kappa shape index (κ2) is 8.63. The van der Waals surface area contributed by atoms with E-state index in [1.165, 1.54) is 24.8 Å². The molecule has 3 heterocycles. The topological polar surface area (TPSA) is 45.7 Å². The fourth-order valence-electron chi connectivity index (χ4n) is 4.34. The van der Waals surface area contributed by atoms with Gasteiger partial charge in [0.25, 0.3) is 0 Å². The van der Waals surface area contributed by atoms with E-state index < -0.39 is 0 Å². The highest BCUT2D eigenvalue weighted by Crippen LogP contribution is 2.34. The summed E-state index contributed by atoms with van der Waals surface area (Å²) in [5.41, 5.74) is 3.33. The van der Waals surface area contributed by atoms with Crippen LogP contribution < -0.4 is 4.90 Å². The molecule has 0 radical (unpaired) electrons. The van der Waals surface area contributed by atoms with Crippen LogP contribution in [-0.4, -0.2) is 35.6 Å². The van der Waals surface area contributed by atoms with Gasteiger partial charge in [0.2, 0.25) is 0 Å². The Hall–Kier alpha value is -2.56. The fraction of sp³-hybridized carbons (Fsp3) is 0.478. The highest BCUT2D eigenvalue weighted by Gasteiger charge is 2.31. The number of pyridine rings is 1. The fourth-order valence-corrected chi connectivity index (χ4v) is 4.34. The number of piperidine rings is 1. The minimum Gasteiger partial charge on any atom is -0.445 e. The number of carbonyl (C=O) groups excluding carboxylic acids is 1. The molecule has 0 spiro atoms. The standard InChI is InChI=1S/C23H29N3O2/c1-18-15-20(16-24-22(18)25-12-6-3-7-13-25)21-11-8-14-26(21)23(27)28-17-19-9-4-2-5-10-19/h2,4-5,9-10,15-16,21H,3,6-8,11-14,17H2,1H3. The van der Waals surface area contributed by atoms with Crippen molar-refractivity contribution in [3.05, 3.63) is 59.3 Å². The summed E-state index contributed by atoms with van der Waals surface area (Å²) in [6, 6.07) is 12.1. The van der Waals surface area contributed by atoms with Crippen molar-refractivity contribution >= 4 is 11.9 Å². The first-order valence-electron chi connectivity index (χ1n) is 10.4. The van der Waals surface area contributed by atoms with Gasteiger partial charge in [0.15, 0.2) is 0 Å². The van der Waals surface area contributed by atoms with Crippen LogP contribution in [0, 0.1) is 6.92 Å². The number of aryl methyl sites for hydroxylation is 1. The molecule has 0 saturated carbocycles. The molecule has 28 heavy (non-hydrogen) atoms. The second-order valence-electron chi connectivity index (χ2n) is 7.85. The zero-order valence-electron chi connectivity index (χ0n) is 16.6. The Balaban J connectivity index is 1.43. The van der Waals surface area contributed by atoms with Gasteiger partial charge in [-0.25, -0.2) is 9.78 Å². The summed E-state index contributed by atoms with van der Waals surface area (Å²) in [5.74, 6) is 1.10. The molecule has 2 aliphatic heterocycles. The molecule has 148 valence electrons. The van der Waals surface area contributed by atoms with Gasteiger partial charge in [0.05, 0.1) is 6.04 Å². The maximum Gasteiger partial charge on any atom is 0.410 e. The van der Waals surface area contributed by atoms with Crippen LogP contribution in [0.5, 0.6) is 0 Å². The lowest BCUT2D eigenvalue weighted by molar-refractivity contribution is 0.0920. The monoisotopic (exact) mass is 379 g/mol. The van der Waals surface area contributed by atoms with Gasteiger partial charge in [-0.1, -0.05) is 30.3 Å². The van der Waals surface area contributed by atoms with Gasteiger partial charge in [-0.05, 0) is 61.8 Å². The van der Waals surface area contributed by atoms with E-state index in [1.54, 1.807) is 0 Å². The number of amides is 1. The van der Waals surface area contributed by atoms with Gasteiger partial charge >= 0.3 is 6.09 Å². The van der Waals surface area contributed by atoms with Crippen molar-refractivity contribution in [2.75, 3.05) is 24.5 Å². The lowest BCUT2D eigenvalue weighted by atomic mass is 10.0. The predicted octanol–water partition coefficient (Wildman–Crippen LogP) is 4.85. The second-order valence-corrected chi connectivity index (χ2v) is 7.85. The Morgan fingerprint density at radius 3 is 2.64 bits per heavy atom. The van der Waals surface area contributed by atoms with Crippen molar-refractivity contribution in [2.45, 2.75) is 51.7 Å². The summed E-state index contributed by atoms with van der Waals surface area (Å²) in [4.78, 5) is 21.7. The average molecular weight is 380 g/mol. The molecule has 1 unspecified atom stereocenters. The highest BCUT2D eigenvalue weighted by atomic mass is 16.6. The summed E-state index contributed by atoms with van der Waals surface area (Å²) in [7, 11) is 0. The Labute approximate surface area is 167 Å². The molecule has 5 nitrogen and oxygen atoms in total. The molecule has 1 amide bonds. The molecule has 1 atom stereocenters. The molecular formula is C23H29N3O2. The third-order valence-electron chi connectivity index (χ3n) is 5.80. The molecule has 2 aliphatic rings. The van der Waals surface area contributed by atoms with Crippen LogP contribution in [0.15, 0.2) is 42.6 Å². The van der Waals surface area contributed by atoms with Crippen LogP contribution in [0.4, 0.5) is 10.6 Å². The maximum atomic E-state index is 12.7. The summed E-state index contributed by atoms with van der Waals surface area (Å²) in [5, 5.41) is 0. The first kappa shape index (κ1) is 18.8. The lowest BCUT2D eigenvalue weighted by Crippen LogP contribution is -2.32. The van der Waals surface area contributed by atoms with E-state index in [-0.39, 0.29) is 12.1 Å². The van der Waals surface area contributed by atoms with E-state index >= 15 is 0 Å². The normalized spacial score (nSPS) is 19.7. The zero-order valence-corrected chi connectivity index (χ0v) is 16.6. The number of hydrogen-bond acceptors (Lipinski definition) is 4. The minimum atomic E-state index is -0.232. The van der Waals surface area contributed by atoms with Crippen molar-refractivity contribution in [2.24, 2.45) is 0 Å². The van der Waals surface area contributed by atoms with Crippen LogP contribution in [0.25, 0.3) is 0 Å². The molecular weight excluding hydrogens is 350 g/mol. The molecule has 0 aliphatic carbocycles. The van der Waals surface area contributed by atoms with Crippen molar-refractivity contribution < 1.29 is 9.53 Å². The van der Waals surface area contributed by atoms with Crippen molar-refractivity contribution in [3.63, 3.8) is 0 Å². The molecule has 0 N–H and O–H groups in total. The van der Waals surface area contributed by atoms with Gasteiger partial charge in [-0.2, -0.15) is 0 Å². The van der Waals surface area contributed by atoms with E-state index in [9.17, 15) is 4.79 Å². The summed E-state index contributed by atoms with van der Waals surface area (Å²) in [6.45, 7) is 5.37. The van der Waals surface area contributed by atoms with Crippen molar-refractivity contribution in [1.82, 2.24) is 9.88 Å². The lowest BCUT2D eigenvalue weighted by Gasteiger charge is -2.30. The molecule has 0 bridgehead atoms.